The maximum atomic E-state index is 6.62. The molecular weight excluding hydrogens is 250 g/mol. The van der Waals surface area contributed by atoms with Crippen LogP contribution in [0.5, 0.6) is 0 Å². The van der Waals surface area contributed by atoms with E-state index in [0.29, 0.717) is 0 Å². The van der Waals surface area contributed by atoms with E-state index < -0.39 is 0 Å². The largest absolute Gasteiger partial charge is 0.339 e. The Morgan fingerprint density at radius 1 is 1.20 bits per heavy atom. The lowest BCUT2D eigenvalue weighted by Crippen LogP contribution is -2.51. The molecule has 1 aromatic heterocycles. The van der Waals surface area contributed by atoms with Gasteiger partial charge in [-0.15, -0.1) is 0 Å². The number of hydrogen-bond donors (Lipinski definition) is 1. The first-order valence-electron chi connectivity index (χ1n) is 8.26. The molecule has 4 fully saturated rings. The highest BCUT2D eigenvalue weighted by Crippen LogP contribution is 2.63. The van der Waals surface area contributed by atoms with Crippen LogP contribution in [0.1, 0.15) is 69.6 Å². The SMILES string of the molecule is CCCc1nc(C(N)C23CC4CC(CC(C4)C2)C3)no1. The van der Waals surface area contributed by atoms with Crippen molar-refractivity contribution in [3.05, 3.63) is 11.7 Å². The molecule has 20 heavy (non-hydrogen) atoms. The fraction of sp³-hybridized carbons (Fsp3) is 0.875. The minimum Gasteiger partial charge on any atom is -0.339 e. The van der Waals surface area contributed by atoms with Gasteiger partial charge in [0, 0.05) is 6.42 Å². The lowest BCUT2D eigenvalue weighted by Gasteiger charge is -2.58. The Kier molecular flexibility index (Phi) is 2.92. The van der Waals surface area contributed by atoms with Gasteiger partial charge in [0.15, 0.2) is 5.82 Å². The Bertz CT molecular complexity index is 460. The van der Waals surface area contributed by atoms with Crippen LogP contribution in [0.25, 0.3) is 0 Å². The van der Waals surface area contributed by atoms with E-state index in [9.17, 15) is 0 Å². The highest BCUT2D eigenvalue weighted by Gasteiger charge is 2.54. The second-order valence-electron chi connectivity index (χ2n) is 7.55. The van der Waals surface area contributed by atoms with Crippen molar-refractivity contribution in [2.24, 2.45) is 28.9 Å². The topological polar surface area (TPSA) is 64.9 Å². The number of rotatable bonds is 4. The smallest absolute Gasteiger partial charge is 0.226 e. The van der Waals surface area contributed by atoms with Crippen LogP contribution in [-0.2, 0) is 6.42 Å². The van der Waals surface area contributed by atoms with E-state index in [0.717, 1.165) is 42.3 Å². The predicted molar refractivity (Wildman–Crippen MR) is 75.8 cm³/mol. The molecule has 0 amide bonds. The van der Waals surface area contributed by atoms with Gasteiger partial charge < -0.3 is 10.3 Å². The average molecular weight is 275 g/mol. The summed E-state index contributed by atoms with van der Waals surface area (Å²) < 4.78 is 5.35. The first-order chi connectivity index (χ1) is 9.68. The zero-order chi connectivity index (χ0) is 13.7. The van der Waals surface area contributed by atoms with E-state index in [-0.39, 0.29) is 11.5 Å². The third-order valence-electron chi connectivity index (χ3n) is 5.97. The molecule has 0 saturated heterocycles. The van der Waals surface area contributed by atoms with E-state index in [4.69, 9.17) is 10.3 Å². The van der Waals surface area contributed by atoms with Gasteiger partial charge in [-0.3, -0.25) is 0 Å². The van der Waals surface area contributed by atoms with Crippen molar-refractivity contribution in [3.63, 3.8) is 0 Å². The Morgan fingerprint density at radius 3 is 2.35 bits per heavy atom. The summed E-state index contributed by atoms with van der Waals surface area (Å²) in [5, 5.41) is 4.18. The molecular formula is C16H25N3O. The summed E-state index contributed by atoms with van der Waals surface area (Å²) in [5.41, 5.74) is 6.88. The van der Waals surface area contributed by atoms with Crippen LogP contribution in [0.4, 0.5) is 0 Å². The number of nitrogens with two attached hydrogens (primary N) is 1. The third kappa shape index (κ3) is 1.92. The van der Waals surface area contributed by atoms with E-state index in [1.807, 2.05) is 0 Å². The fourth-order valence-corrected chi connectivity index (χ4v) is 5.54. The molecule has 0 aliphatic heterocycles. The number of aromatic nitrogens is 2. The third-order valence-corrected chi connectivity index (χ3v) is 5.97. The zero-order valence-corrected chi connectivity index (χ0v) is 12.3. The van der Waals surface area contributed by atoms with Gasteiger partial charge in [-0.25, -0.2) is 0 Å². The summed E-state index contributed by atoms with van der Waals surface area (Å²) in [5.74, 6) is 4.25. The Balaban J connectivity index is 1.59. The zero-order valence-electron chi connectivity index (χ0n) is 12.3. The highest BCUT2D eigenvalue weighted by molar-refractivity contribution is 5.10. The highest BCUT2D eigenvalue weighted by atomic mass is 16.5. The van der Waals surface area contributed by atoms with Gasteiger partial charge in [0.1, 0.15) is 0 Å². The first-order valence-corrected chi connectivity index (χ1v) is 8.26. The Hall–Kier alpha value is -0.900. The van der Waals surface area contributed by atoms with Crippen molar-refractivity contribution in [2.45, 2.75) is 64.3 Å². The van der Waals surface area contributed by atoms with Gasteiger partial charge in [-0.2, -0.15) is 4.98 Å². The normalized spacial score (nSPS) is 40.2. The Morgan fingerprint density at radius 2 is 1.80 bits per heavy atom. The molecule has 0 aromatic carbocycles. The van der Waals surface area contributed by atoms with Crippen molar-refractivity contribution in [1.29, 1.82) is 0 Å². The second-order valence-corrected chi connectivity index (χ2v) is 7.55. The van der Waals surface area contributed by atoms with Gasteiger partial charge in [0.05, 0.1) is 6.04 Å². The molecule has 1 atom stereocenters. The molecule has 4 bridgehead atoms. The van der Waals surface area contributed by atoms with Gasteiger partial charge in [-0.05, 0) is 68.1 Å². The first kappa shape index (κ1) is 12.8. The monoisotopic (exact) mass is 275 g/mol. The summed E-state index contributed by atoms with van der Waals surface area (Å²) in [4.78, 5) is 4.55. The van der Waals surface area contributed by atoms with Crippen molar-refractivity contribution >= 4 is 0 Å². The van der Waals surface area contributed by atoms with E-state index in [2.05, 4.69) is 17.1 Å². The summed E-state index contributed by atoms with van der Waals surface area (Å²) in [6.45, 7) is 2.13. The molecule has 5 rings (SSSR count). The van der Waals surface area contributed by atoms with Crippen molar-refractivity contribution in [1.82, 2.24) is 10.1 Å². The summed E-state index contributed by atoms with van der Waals surface area (Å²) in [7, 11) is 0. The standard InChI is InChI=1S/C16H25N3O/c1-2-3-13-18-15(19-20-13)14(17)16-7-10-4-11(8-16)6-12(5-10)9-16/h10-12,14H,2-9,17H2,1H3. The molecule has 4 heteroatoms. The van der Waals surface area contributed by atoms with Crippen LogP contribution < -0.4 is 5.73 Å². The van der Waals surface area contributed by atoms with E-state index >= 15 is 0 Å². The molecule has 2 N–H and O–H groups in total. The molecule has 4 aliphatic carbocycles. The van der Waals surface area contributed by atoms with Crippen LogP contribution in [0.2, 0.25) is 0 Å². The van der Waals surface area contributed by atoms with Crippen molar-refractivity contribution in [3.8, 4) is 0 Å². The van der Waals surface area contributed by atoms with Gasteiger partial charge in [0.2, 0.25) is 5.89 Å². The quantitative estimate of drug-likeness (QED) is 0.916. The van der Waals surface area contributed by atoms with Crippen molar-refractivity contribution in [2.75, 3.05) is 0 Å². The van der Waals surface area contributed by atoms with Gasteiger partial charge >= 0.3 is 0 Å². The molecule has 4 saturated carbocycles. The average Bonchev–Trinajstić information content (AvgIpc) is 2.85. The molecule has 4 nitrogen and oxygen atoms in total. The minimum atomic E-state index is -0.0229. The van der Waals surface area contributed by atoms with Crippen LogP contribution in [-0.4, -0.2) is 10.1 Å². The maximum Gasteiger partial charge on any atom is 0.226 e. The van der Waals surface area contributed by atoms with Crippen LogP contribution in [0.15, 0.2) is 4.52 Å². The van der Waals surface area contributed by atoms with Crippen LogP contribution in [0, 0.1) is 23.2 Å². The lowest BCUT2D eigenvalue weighted by atomic mass is 9.47. The van der Waals surface area contributed by atoms with Crippen LogP contribution >= 0.6 is 0 Å². The number of nitrogens with zero attached hydrogens (tertiary/aromatic N) is 2. The predicted octanol–water partition coefficient (Wildman–Crippen LogP) is 3.24. The molecule has 1 unspecified atom stereocenters. The molecule has 0 spiro atoms. The van der Waals surface area contributed by atoms with E-state index in [1.165, 1.54) is 38.5 Å². The molecule has 110 valence electrons. The molecule has 1 aromatic rings. The Labute approximate surface area is 120 Å². The van der Waals surface area contributed by atoms with Crippen LogP contribution in [0.3, 0.4) is 0 Å². The summed E-state index contributed by atoms with van der Waals surface area (Å²) in [6.07, 6.45) is 10.1. The molecule has 4 aliphatic rings. The second kappa shape index (κ2) is 4.55. The fourth-order valence-electron chi connectivity index (χ4n) is 5.54. The number of hydrogen-bond acceptors (Lipinski definition) is 4. The molecule has 0 radical (unpaired) electrons. The summed E-state index contributed by atoms with van der Waals surface area (Å²) in [6, 6.07) is -0.0229. The summed E-state index contributed by atoms with van der Waals surface area (Å²) >= 11 is 0. The van der Waals surface area contributed by atoms with Gasteiger partial charge in [0.25, 0.3) is 0 Å². The molecule has 1 heterocycles. The minimum absolute atomic E-state index is 0.0229. The van der Waals surface area contributed by atoms with Gasteiger partial charge in [-0.1, -0.05) is 12.1 Å². The van der Waals surface area contributed by atoms with E-state index in [1.54, 1.807) is 0 Å². The number of aryl methyl sites for hydroxylation is 1. The van der Waals surface area contributed by atoms with Crippen molar-refractivity contribution < 1.29 is 4.52 Å². The maximum absolute atomic E-state index is 6.62. The lowest BCUT2D eigenvalue weighted by molar-refractivity contribution is -0.0694.